The number of aryl methyl sites for hydroxylation is 1. The summed E-state index contributed by atoms with van der Waals surface area (Å²) in [6.07, 6.45) is 2.61. The first kappa shape index (κ1) is 23.0. The average Bonchev–Trinajstić information content (AvgIpc) is 2.65. The van der Waals surface area contributed by atoms with Crippen LogP contribution in [0.15, 0.2) is 41.5 Å². The van der Waals surface area contributed by atoms with E-state index in [1.165, 1.54) is 11.1 Å². The van der Waals surface area contributed by atoms with E-state index >= 15 is 0 Å². The van der Waals surface area contributed by atoms with Gasteiger partial charge in [0.2, 0.25) is 5.88 Å². The number of aromatic nitrogens is 1. The van der Waals surface area contributed by atoms with Crippen LogP contribution in [0.25, 0.3) is 0 Å². The fourth-order valence-electron chi connectivity index (χ4n) is 2.61. The Labute approximate surface area is 178 Å². The van der Waals surface area contributed by atoms with Gasteiger partial charge in [0, 0.05) is 32.4 Å². The summed E-state index contributed by atoms with van der Waals surface area (Å²) >= 11 is 0. The van der Waals surface area contributed by atoms with Crippen LogP contribution in [0.3, 0.4) is 0 Å². The second kappa shape index (κ2) is 12.4. The average molecular weight is 484 g/mol. The molecule has 0 amide bonds. The molecule has 1 heterocycles. The van der Waals surface area contributed by atoms with E-state index in [1.54, 1.807) is 20.4 Å². The van der Waals surface area contributed by atoms with E-state index in [-0.39, 0.29) is 24.0 Å². The number of guanidine groups is 1. The Morgan fingerprint density at radius 2 is 2.00 bits per heavy atom. The molecule has 148 valence electrons. The van der Waals surface area contributed by atoms with Crippen molar-refractivity contribution >= 4 is 29.9 Å². The number of benzene rings is 1. The number of rotatable bonds is 8. The number of nitrogens with one attached hydrogen (secondary N) is 2. The standard InChI is InChI=1S/C20H28N4O2.HI/c1-5-26-19-13-16(8-10-22-19)14-24-20(21-3)23-11-9-17-12-15(2)6-7-18(17)25-4;/h6-8,10,12-13H,5,9,11,14H2,1-4H3,(H2,21,23,24);1H. The van der Waals surface area contributed by atoms with Crippen molar-refractivity contribution < 1.29 is 9.47 Å². The maximum atomic E-state index is 5.43. The molecular weight excluding hydrogens is 455 g/mol. The van der Waals surface area contributed by atoms with Gasteiger partial charge < -0.3 is 20.1 Å². The molecule has 0 unspecified atom stereocenters. The van der Waals surface area contributed by atoms with Crippen molar-refractivity contribution in [1.29, 1.82) is 0 Å². The monoisotopic (exact) mass is 484 g/mol. The Kier molecular flexibility index (Phi) is 10.5. The number of ether oxygens (including phenoxy) is 2. The highest BCUT2D eigenvalue weighted by Crippen LogP contribution is 2.19. The largest absolute Gasteiger partial charge is 0.496 e. The molecule has 0 saturated heterocycles. The molecule has 0 aliphatic rings. The first-order valence-corrected chi connectivity index (χ1v) is 8.82. The molecule has 0 bridgehead atoms. The smallest absolute Gasteiger partial charge is 0.213 e. The number of methoxy groups -OCH3 is 1. The van der Waals surface area contributed by atoms with Gasteiger partial charge in [0.1, 0.15) is 5.75 Å². The molecular formula is C20H29IN4O2. The minimum Gasteiger partial charge on any atom is -0.496 e. The van der Waals surface area contributed by atoms with E-state index in [2.05, 4.69) is 39.7 Å². The molecule has 0 fully saturated rings. The van der Waals surface area contributed by atoms with Gasteiger partial charge in [0.25, 0.3) is 0 Å². The fourth-order valence-corrected chi connectivity index (χ4v) is 2.61. The molecule has 7 heteroatoms. The summed E-state index contributed by atoms with van der Waals surface area (Å²) in [5, 5.41) is 6.64. The van der Waals surface area contributed by atoms with Gasteiger partial charge in [-0.3, -0.25) is 4.99 Å². The van der Waals surface area contributed by atoms with E-state index < -0.39 is 0 Å². The predicted octanol–water partition coefficient (Wildman–Crippen LogP) is 3.32. The van der Waals surface area contributed by atoms with Crippen LogP contribution >= 0.6 is 24.0 Å². The summed E-state index contributed by atoms with van der Waals surface area (Å²) in [7, 11) is 3.47. The minimum absolute atomic E-state index is 0. The lowest BCUT2D eigenvalue weighted by atomic mass is 10.1. The van der Waals surface area contributed by atoms with Crippen LogP contribution in [-0.4, -0.2) is 38.3 Å². The van der Waals surface area contributed by atoms with Gasteiger partial charge in [-0.2, -0.15) is 0 Å². The lowest BCUT2D eigenvalue weighted by Gasteiger charge is -2.14. The number of nitrogens with zero attached hydrogens (tertiary/aromatic N) is 2. The van der Waals surface area contributed by atoms with Crippen LogP contribution in [-0.2, 0) is 13.0 Å². The molecule has 0 aliphatic carbocycles. The molecule has 2 rings (SSSR count). The summed E-state index contributed by atoms with van der Waals surface area (Å²) in [5.74, 6) is 2.31. The topological polar surface area (TPSA) is 67.8 Å². The van der Waals surface area contributed by atoms with Gasteiger partial charge in [0.05, 0.1) is 13.7 Å². The third-order valence-corrected chi connectivity index (χ3v) is 3.90. The lowest BCUT2D eigenvalue weighted by molar-refractivity contribution is 0.326. The molecule has 2 N–H and O–H groups in total. The zero-order valence-corrected chi connectivity index (χ0v) is 18.7. The molecule has 1 aromatic carbocycles. The second-order valence-corrected chi connectivity index (χ2v) is 5.85. The molecule has 0 saturated carbocycles. The Morgan fingerprint density at radius 3 is 2.70 bits per heavy atom. The van der Waals surface area contributed by atoms with E-state index in [9.17, 15) is 0 Å². The highest BCUT2D eigenvalue weighted by Gasteiger charge is 2.05. The Balaban J connectivity index is 0.00000364. The van der Waals surface area contributed by atoms with E-state index in [0.29, 0.717) is 19.0 Å². The van der Waals surface area contributed by atoms with Crippen molar-refractivity contribution in [1.82, 2.24) is 15.6 Å². The summed E-state index contributed by atoms with van der Waals surface area (Å²) in [4.78, 5) is 8.44. The Morgan fingerprint density at radius 1 is 1.19 bits per heavy atom. The molecule has 0 atom stereocenters. The third-order valence-electron chi connectivity index (χ3n) is 3.90. The zero-order valence-electron chi connectivity index (χ0n) is 16.4. The molecule has 1 aromatic heterocycles. The molecule has 0 radical (unpaired) electrons. The van der Waals surface area contributed by atoms with Gasteiger partial charge in [-0.15, -0.1) is 24.0 Å². The van der Waals surface area contributed by atoms with Crippen LogP contribution in [0, 0.1) is 6.92 Å². The first-order chi connectivity index (χ1) is 12.7. The highest BCUT2D eigenvalue weighted by molar-refractivity contribution is 14.0. The number of hydrogen-bond donors (Lipinski definition) is 2. The maximum Gasteiger partial charge on any atom is 0.213 e. The van der Waals surface area contributed by atoms with Crippen LogP contribution in [0.2, 0.25) is 0 Å². The van der Waals surface area contributed by atoms with Crippen molar-refractivity contribution in [2.24, 2.45) is 4.99 Å². The summed E-state index contributed by atoms with van der Waals surface area (Å²) < 4.78 is 10.9. The van der Waals surface area contributed by atoms with Gasteiger partial charge in [0.15, 0.2) is 5.96 Å². The summed E-state index contributed by atoms with van der Waals surface area (Å²) in [6.45, 7) is 6.05. The predicted molar refractivity (Wildman–Crippen MR) is 120 cm³/mol. The highest BCUT2D eigenvalue weighted by atomic mass is 127. The fraction of sp³-hybridized carbons (Fsp3) is 0.400. The molecule has 6 nitrogen and oxygen atoms in total. The van der Waals surface area contributed by atoms with Crippen LogP contribution in [0.4, 0.5) is 0 Å². The first-order valence-electron chi connectivity index (χ1n) is 8.82. The molecule has 0 aliphatic heterocycles. The van der Waals surface area contributed by atoms with E-state index in [0.717, 1.165) is 30.2 Å². The number of hydrogen-bond acceptors (Lipinski definition) is 4. The Bertz CT molecular complexity index is 738. The van der Waals surface area contributed by atoms with Gasteiger partial charge in [-0.1, -0.05) is 17.7 Å². The number of halogens is 1. The molecule has 27 heavy (non-hydrogen) atoms. The molecule has 0 spiro atoms. The van der Waals surface area contributed by atoms with Gasteiger partial charge in [-0.25, -0.2) is 4.98 Å². The van der Waals surface area contributed by atoms with Crippen molar-refractivity contribution in [2.45, 2.75) is 26.8 Å². The zero-order chi connectivity index (χ0) is 18.8. The van der Waals surface area contributed by atoms with Crippen LogP contribution in [0.1, 0.15) is 23.6 Å². The van der Waals surface area contributed by atoms with Gasteiger partial charge >= 0.3 is 0 Å². The minimum atomic E-state index is 0. The van der Waals surface area contributed by atoms with Crippen molar-refractivity contribution in [3.05, 3.63) is 53.2 Å². The maximum absolute atomic E-state index is 5.43. The van der Waals surface area contributed by atoms with Crippen LogP contribution in [0.5, 0.6) is 11.6 Å². The lowest BCUT2D eigenvalue weighted by Crippen LogP contribution is -2.37. The second-order valence-electron chi connectivity index (χ2n) is 5.85. The third kappa shape index (κ3) is 7.62. The SMILES string of the molecule is CCOc1cc(CNC(=NC)NCCc2cc(C)ccc2OC)ccn1.I. The Hall–Kier alpha value is -2.03. The van der Waals surface area contributed by atoms with Crippen molar-refractivity contribution in [2.75, 3.05) is 27.3 Å². The van der Waals surface area contributed by atoms with E-state index in [4.69, 9.17) is 9.47 Å². The van der Waals surface area contributed by atoms with Crippen molar-refractivity contribution in [3.8, 4) is 11.6 Å². The normalized spacial score (nSPS) is 10.7. The molecule has 2 aromatic rings. The van der Waals surface area contributed by atoms with Gasteiger partial charge in [-0.05, 0) is 43.5 Å². The number of aliphatic imine (C=N–C) groups is 1. The van der Waals surface area contributed by atoms with Crippen molar-refractivity contribution in [3.63, 3.8) is 0 Å². The number of pyridine rings is 1. The quantitative estimate of drug-likeness (QED) is 0.342. The van der Waals surface area contributed by atoms with E-state index in [1.807, 2.05) is 25.1 Å². The van der Waals surface area contributed by atoms with Crippen LogP contribution < -0.4 is 20.1 Å². The summed E-state index contributed by atoms with van der Waals surface area (Å²) in [5.41, 5.74) is 3.50. The summed E-state index contributed by atoms with van der Waals surface area (Å²) in [6, 6.07) is 10.1.